The molecule has 1 atom stereocenters. The van der Waals surface area contributed by atoms with Crippen molar-refractivity contribution >= 4 is 5.91 Å². The molecule has 0 radical (unpaired) electrons. The fourth-order valence-electron chi connectivity index (χ4n) is 3.76. The highest BCUT2D eigenvalue weighted by atomic mass is 19.3. The number of amides is 1. The Morgan fingerprint density at radius 2 is 2.12 bits per heavy atom. The highest BCUT2D eigenvalue weighted by Gasteiger charge is 2.47. The largest absolute Gasteiger partial charge is 0.395 e. The highest BCUT2D eigenvalue weighted by Crippen LogP contribution is 2.35. The van der Waals surface area contributed by atoms with E-state index in [0.717, 1.165) is 5.56 Å². The summed E-state index contributed by atoms with van der Waals surface area (Å²) in [6, 6.07) is -0.467. The maximum atomic E-state index is 13.6. The zero-order chi connectivity index (χ0) is 17.3. The SMILES string of the molecule is Cc1cnn(CC(=O)N2CCC(N3CC(F)(F)C[C@H]3CO)CC2)c1. The molecule has 2 fully saturated rings. The number of aryl methyl sites for hydroxylation is 1. The molecule has 24 heavy (non-hydrogen) atoms. The number of nitrogens with zero attached hydrogens (tertiary/aromatic N) is 4. The molecule has 2 saturated heterocycles. The normalized spacial score (nSPS) is 25.3. The van der Waals surface area contributed by atoms with Gasteiger partial charge in [-0.25, -0.2) is 8.78 Å². The lowest BCUT2D eigenvalue weighted by Gasteiger charge is -2.38. The van der Waals surface area contributed by atoms with Crippen molar-refractivity contribution in [3.8, 4) is 0 Å². The third-order valence-electron chi connectivity index (χ3n) is 4.97. The van der Waals surface area contributed by atoms with E-state index >= 15 is 0 Å². The second-order valence-corrected chi connectivity index (χ2v) is 6.90. The Kier molecular flexibility index (Phi) is 4.87. The van der Waals surface area contributed by atoms with Crippen molar-refractivity contribution in [2.24, 2.45) is 0 Å². The summed E-state index contributed by atoms with van der Waals surface area (Å²) in [5.74, 6) is -2.72. The number of carbonyl (C=O) groups is 1. The van der Waals surface area contributed by atoms with E-state index in [1.54, 1.807) is 20.7 Å². The van der Waals surface area contributed by atoms with E-state index in [-0.39, 0.29) is 38.1 Å². The predicted octanol–water partition coefficient (Wildman–Crippen LogP) is 0.884. The number of hydrogen-bond acceptors (Lipinski definition) is 4. The third-order valence-corrected chi connectivity index (χ3v) is 4.97. The minimum atomic E-state index is -2.72. The number of alkyl halides is 2. The van der Waals surface area contributed by atoms with Crippen molar-refractivity contribution in [3.05, 3.63) is 18.0 Å². The second-order valence-electron chi connectivity index (χ2n) is 6.90. The summed E-state index contributed by atoms with van der Waals surface area (Å²) < 4.78 is 28.8. The zero-order valence-electron chi connectivity index (χ0n) is 13.9. The van der Waals surface area contributed by atoms with E-state index in [1.165, 1.54) is 0 Å². The van der Waals surface area contributed by atoms with E-state index in [1.807, 2.05) is 13.1 Å². The van der Waals surface area contributed by atoms with Crippen LogP contribution in [0, 0.1) is 6.92 Å². The number of hydrogen-bond donors (Lipinski definition) is 1. The molecule has 2 aliphatic heterocycles. The first kappa shape index (κ1) is 17.3. The van der Waals surface area contributed by atoms with Gasteiger partial charge in [0.05, 0.1) is 19.3 Å². The molecule has 0 aromatic carbocycles. The quantitative estimate of drug-likeness (QED) is 0.883. The van der Waals surface area contributed by atoms with Crippen molar-refractivity contribution < 1.29 is 18.7 Å². The average Bonchev–Trinajstić information content (AvgIpc) is 3.09. The maximum absolute atomic E-state index is 13.6. The molecule has 1 aromatic rings. The lowest BCUT2D eigenvalue weighted by molar-refractivity contribution is -0.133. The Balaban J connectivity index is 1.53. The van der Waals surface area contributed by atoms with Gasteiger partial charge in [-0.3, -0.25) is 14.4 Å². The fraction of sp³-hybridized carbons (Fsp3) is 0.750. The molecule has 1 N–H and O–H groups in total. The van der Waals surface area contributed by atoms with Crippen LogP contribution in [0.2, 0.25) is 0 Å². The molecule has 1 aromatic heterocycles. The molecule has 0 aliphatic carbocycles. The molecule has 3 heterocycles. The molecule has 0 saturated carbocycles. The topological polar surface area (TPSA) is 61.6 Å². The van der Waals surface area contributed by atoms with Gasteiger partial charge >= 0.3 is 0 Å². The van der Waals surface area contributed by atoms with E-state index in [0.29, 0.717) is 25.9 Å². The summed E-state index contributed by atoms with van der Waals surface area (Å²) in [6.45, 7) is 2.72. The van der Waals surface area contributed by atoms with Crippen LogP contribution in [-0.4, -0.2) is 74.8 Å². The highest BCUT2D eigenvalue weighted by molar-refractivity contribution is 5.76. The second kappa shape index (κ2) is 6.76. The molecule has 134 valence electrons. The number of halogens is 2. The Morgan fingerprint density at radius 3 is 2.71 bits per heavy atom. The van der Waals surface area contributed by atoms with Crippen LogP contribution in [0.4, 0.5) is 8.78 Å². The van der Waals surface area contributed by atoms with Crippen molar-refractivity contribution in [2.45, 2.75) is 50.7 Å². The third kappa shape index (κ3) is 3.75. The molecule has 0 bridgehead atoms. The minimum Gasteiger partial charge on any atom is -0.395 e. The van der Waals surface area contributed by atoms with Gasteiger partial charge in [-0.05, 0) is 25.3 Å². The van der Waals surface area contributed by atoms with Gasteiger partial charge in [0.25, 0.3) is 5.92 Å². The summed E-state index contributed by atoms with van der Waals surface area (Å²) in [7, 11) is 0. The smallest absolute Gasteiger partial charge is 0.262 e. The number of aliphatic hydroxyl groups excluding tert-OH is 1. The van der Waals surface area contributed by atoms with Gasteiger partial charge in [0.15, 0.2) is 0 Å². The average molecular weight is 342 g/mol. The molecular formula is C16H24F2N4O2. The number of piperidine rings is 1. The van der Waals surface area contributed by atoms with E-state index in [4.69, 9.17) is 0 Å². The van der Waals surface area contributed by atoms with Gasteiger partial charge < -0.3 is 10.0 Å². The Labute approximate surface area is 140 Å². The van der Waals surface area contributed by atoms with E-state index in [9.17, 15) is 18.7 Å². The predicted molar refractivity (Wildman–Crippen MR) is 83.7 cm³/mol. The van der Waals surface area contributed by atoms with Crippen LogP contribution in [0.15, 0.2) is 12.4 Å². The van der Waals surface area contributed by atoms with Crippen LogP contribution in [0.25, 0.3) is 0 Å². The van der Waals surface area contributed by atoms with Gasteiger partial charge in [0.2, 0.25) is 5.91 Å². The monoisotopic (exact) mass is 342 g/mol. The first-order valence-corrected chi connectivity index (χ1v) is 8.39. The lowest BCUT2D eigenvalue weighted by atomic mass is 10.0. The number of aromatic nitrogens is 2. The van der Waals surface area contributed by atoms with Crippen LogP contribution >= 0.6 is 0 Å². The molecule has 2 aliphatic rings. The Bertz CT molecular complexity index is 584. The van der Waals surface area contributed by atoms with Gasteiger partial charge in [-0.15, -0.1) is 0 Å². The van der Waals surface area contributed by atoms with E-state index < -0.39 is 12.0 Å². The molecule has 0 unspecified atom stereocenters. The summed E-state index contributed by atoms with van der Waals surface area (Å²) in [5.41, 5.74) is 1.01. The zero-order valence-corrected chi connectivity index (χ0v) is 13.9. The molecule has 0 spiro atoms. The lowest BCUT2D eigenvalue weighted by Crippen LogP contribution is -2.49. The van der Waals surface area contributed by atoms with Crippen molar-refractivity contribution in [1.82, 2.24) is 19.6 Å². The first-order valence-electron chi connectivity index (χ1n) is 8.39. The van der Waals surface area contributed by atoms with Gasteiger partial charge in [-0.2, -0.15) is 5.10 Å². The Morgan fingerprint density at radius 1 is 1.42 bits per heavy atom. The number of rotatable bonds is 4. The van der Waals surface area contributed by atoms with Crippen molar-refractivity contribution in [1.29, 1.82) is 0 Å². The minimum absolute atomic E-state index is 0.00186. The van der Waals surface area contributed by atoms with Crippen LogP contribution < -0.4 is 0 Å². The number of carbonyl (C=O) groups excluding carboxylic acids is 1. The van der Waals surface area contributed by atoms with Crippen LogP contribution in [0.3, 0.4) is 0 Å². The summed E-state index contributed by atoms with van der Waals surface area (Å²) >= 11 is 0. The van der Waals surface area contributed by atoms with Gasteiger partial charge in [0.1, 0.15) is 6.54 Å². The first-order chi connectivity index (χ1) is 11.4. The summed E-state index contributed by atoms with van der Waals surface area (Å²) in [6.07, 6.45) is 4.58. The number of aliphatic hydroxyl groups is 1. The summed E-state index contributed by atoms with van der Waals surface area (Å²) in [4.78, 5) is 15.8. The van der Waals surface area contributed by atoms with Crippen molar-refractivity contribution in [2.75, 3.05) is 26.2 Å². The molecule has 6 nitrogen and oxygen atoms in total. The van der Waals surface area contributed by atoms with Crippen LogP contribution in [-0.2, 0) is 11.3 Å². The molecule has 8 heteroatoms. The van der Waals surface area contributed by atoms with Gasteiger partial charge in [0, 0.05) is 37.8 Å². The Hall–Kier alpha value is -1.54. The van der Waals surface area contributed by atoms with Crippen LogP contribution in [0.1, 0.15) is 24.8 Å². The number of likely N-dealkylation sites (tertiary alicyclic amines) is 2. The maximum Gasteiger partial charge on any atom is 0.262 e. The standard InChI is InChI=1S/C16H24F2N4O2/c1-12-7-19-21(8-12)9-15(24)20-4-2-13(3-5-20)22-11-16(17,18)6-14(22)10-23/h7-8,13-14,23H,2-6,9-11H2,1H3/t14-/m0/s1. The summed E-state index contributed by atoms with van der Waals surface area (Å²) in [5, 5.41) is 13.5. The van der Waals surface area contributed by atoms with E-state index in [2.05, 4.69) is 5.10 Å². The fourth-order valence-corrected chi connectivity index (χ4v) is 3.76. The van der Waals surface area contributed by atoms with Gasteiger partial charge in [-0.1, -0.05) is 0 Å². The molecule has 3 rings (SSSR count). The van der Waals surface area contributed by atoms with Crippen LogP contribution in [0.5, 0.6) is 0 Å². The molecular weight excluding hydrogens is 318 g/mol. The van der Waals surface area contributed by atoms with Crippen molar-refractivity contribution in [3.63, 3.8) is 0 Å². The molecule has 1 amide bonds.